The lowest BCUT2D eigenvalue weighted by Gasteiger charge is -2.30. The number of allylic oxidation sites excluding steroid dienone is 1. The van der Waals surface area contributed by atoms with Crippen LogP contribution in [0.1, 0.15) is 25.3 Å². The number of carbonyl (C=O) groups excluding carboxylic acids is 2. The van der Waals surface area contributed by atoms with Crippen LogP contribution in [-0.2, 0) is 33.1 Å². The zero-order valence-corrected chi connectivity index (χ0v) is 19.1. The van der Waals surface area contributed by atoms with Gasteiger partial charge in [-0.2, -0.15) is 19.4 Å². The molecule has 0 radical (unpaired) electrons. The van der Waals surface area contributed by atoms with Gasteiger partial charge in [0.1, 0.15) is 35.5 Å². The first-order chi connectivity index (χ1) is 15.6. The van der Waals surface area contributed by atoms with Crippen LogP contribution in [-0.4, -0.2) is 75.9 Å². The molecule has 2 aliphatic carbocycles. The Morgan fingerprint density at radius 3 is 2.64 bits per heavy atom. The second-order valence-electron chi connectivity index (χ2n) is 9.33. The van der Waals surface area contributed by atoms with Gasteiger partial charge in [0.25, 0.3) is 0 Å². The van der Waals surface area contributed by atoms with Crippen molar-refractivity contribution in [3.8, 4) is 0 Å². The van der Waals surface area contributed by atoms with Crippen molar-refractivity contribution in [1.29, 1.82) is 0 Å². The number of amides is 3. The minimum Gasteiger partial charge on any atom is -0.380 e. The number of aryl methyl sites for hydroxylation is 1. The Morgan fingerprint density at radius 1 is 1.33 bits per heavy atom. The van der Waals surface area contributed by atoms with E-state index < -0.39 is 38.6 Å². The minimum atomic E-state index is -4.11. The first-order valence-corrected chi connectivity index (χ1v) is 12.3. The highest BCUT2D eigenvalue weighted by Crippen LogP contribution is 2.37. The summed E-state index contributed by atoms with van der Waals surface area (Å²) in [4.78, 5) is 27.7. The fourth-order valence-electron chi connectivity index (χ4n) is 4.13. The van der Waals surface area contributed by atoms with Gasteiger partial charge in [-0.15, -0.1) is 0 Å². The maximum Gasteiger partial charge on any atom is 0.501 e. The van der Waals surface area contributed by atoms with E-state index in [1.165, 1.54) is 4.58 Å². The normalized spacial score (nSPS) is 24.9. The number of halogens is 1. The predicted octanol–water partition coefficient (Wildman–Crippen LogP) is 0.616. The molecule has 1 unspecified atom stereocenters. The van der Waals surface area contributed by atoms with Crippen molar-refractivity contribution in [2.75, 3.05) is 19.8 Å². The van der Waals surface area contributed by atoms with E-state index in [2.05, 4.69) is 9.82 Å². The number of nitrogens with one attached hydrogen (secondary N) is 1. The Kier molecular flexibility index (Phi) is 5.14. The number of sulfonamides is 1. The lowest BCUT2D eigenvalue weighted by Crippen LogP contribution is -2.54. The molecule has 1 saturated carbocycles. The van der Waals surface area contributed by atoms with E-state index in [-0.39, 0.29) is 30.3 Å². The summed E-state index contributed by atoms with van der Waals surface area (Å²) in [7, 11) is -2.39. The molecule has 1 aromatic rings. The Balaban J connectivity index is 1.55. The van der Waals surface area contributed by atoms with E-state index in [1.54, 1.807) is 31.0 Å². The van der Waals surface area contributed by atoms with Crippen LogP contribution in [0.2, 0.25) is 0 Å². The van der Waals surface area contributed by atoms with Gasteiger partial charge in [-0.1, -0.05) is 0 Å². The molecule has 1 aromatic heterocycles. The third-order valence-electron chi connectivity index (χ3n) is 6.34. The average Bonchev–Trinajstić information content (AvgIpc) is 3.27. The lowest BCUT2D eigenvalue weighted by molar-refractivity contribution is -0.453. The van der Waals surface area contributed by atoms with Gasteiger partial charge in [0, 0.05) is 36.3 Å². The Morgan fingerprint density at radius 2 is 2.06 bits per heavy atom. The average molecular weight is 479 g/mol. The van der Waals surface area contributed by atoms with Gasteiger partial charge in [0.2, 0.25) is 10.0 Å². The van der Waals surface area contributed by atoms with E-state index in [1.807, 2.05) is 0 Å². The van der Waals surface area contributed by atoms with Crippen LogP contribution < -0.4 is 4.72 Å². The maximum absolute atomic E-state index is 15.1. The second-order valence-corrected chi connectivity index (χ2v) is 11.1. The summed E-state index contributed by atoms with van der Waals surface area (Å²) in [5.74, 6) is -1.55. The van der Waals surface area contributed by atoms with Gasteiger partial charge in [0.15, 0.2) is 0 Å². The number of hydrogen-bond acceptors (Lipinski definition) is 6. The molecule has 3 heterocycles. The lowest BCUT2D eigenvalue weighted by atomic mass is 9.97. The number of aromatic nitrogens is 2. The Labute approximate surface area is 190 Å². The largest absolute Gasteiger partial charge is 0.501 e. The Bertz CT molecular complexity index is 1240. The van der Waals surface area contributed by atoms with Crippen molar-refractivity contribution >= 4 is 27.7 Å². The maximum atomic E-state index is 15.1. The third kappa shape index (κ3) is 4.06. The van der Waals surface area contributed by atoms with Gasteiger partial charge in [-0.25, -0.2) is 22.3 Å². The fraction of sp³-hybridized carbons (Fsp3) is 0.524. The minimum absolute atomic E-state index is 0.00328. The van der Waals surface area contributed by atoms with Crippen LogP contribution >= 0.6 is 0 Å². The molecule has 33 heavy (non-hydrogen) atoms. The number of urea groups is 1. The number of rotatable bonds is 7. The monoisotopic (exact) mass is 478 g/mol. The summed E-state index contributed by atoms with van der Waals surface area (Å²) >= 11 is 0. The molecule has 2 fully saturated rings. The van der Waals surface area contributed by atoms with E-state index in [0.29, 0.717) is 31.6 Å². The summed E-state index contributed by atoms with van der Waals surface area (Å²) in [6.07, 6.45) is 6.70. The van der Waals surface area contributed by atoms with Crippen LogP contribution in [0.3, 0.4) is 0 Å². The van der Waals surface area contributed by atoms with Crippen LogP contribution in [0.15, 0.2) is 35.9 Å². The molecule has 10 nitrogen and oxygen atoms in total. The summed E-state index contributed by atoms with van der Waals surface area (Å²) in [5, 5.41) is 2.43. The van der Waals surface area contributed by atoms with Crippen molar-refractivity contribution in [3.63, 3.8) is 0 Å². The highest BCUT2D eigenvalue weighted by atomic mass is 32.2. The quantitative estimate of drug-likeness (QED) is 0.575. The van der Waals surface area contributed by atoms with Crippen LogP contribution in [0.5, 0.6) is 0 Å². The molecular weight excluding hydrogens is 453 g/mol. The number of carbonyl (C=O) groups is 2. The Hall–Kier alpha value is -2.70. The van der Waals surface area contributed by atoms with E-state index in [4.69, 9.17) is 4.74 Å². The van der Waals surface area contributed by atoms with Crippen LogP contribution in [0.4, 0.5) is 9.18 Å². The van der Waals surface area contributed by atoms with Gasteiger partial charge < -0.3 is 4.74 Å². The van der Waals surface area contributed by atoms with Crippen molar-refractivity contribution in [2.45, 2.75) is 37.1 Å². The molecule has 0 bridgehead atoms. The molecule has 2 aliphatic heterocycles. The second kappa shape index (κ2) is 7.67. The van der Waals surface area contributed by atoms with Crippen molar-refractivity contribution in [1.82, 2.24) is 19.4 Å². The number of nitrogens with zero attached hydrogens (tertiary/aromatic N) is 4. The zero-order chi connectivity index (χ0) is 23.5. The summed E-state index contributed by atoms with van der Waals surface area (Å²) in [5.41, 5.74) is 0.133. The van der Waals surface area contributed by atoms with E-state index in [9.17, 15) is 18.0 Å². The predicted molar refractivity (Wildman–Crippen MR) is 114 cm³/mol. The molecule has 4 aliphatic rings. The van der Waals surface area contributed by atoms with E-state index in [0.717, 1.165) is 17.1 Å². The summed E-state index contributed by atoms with van der Waals surface area (Å²) in [6, 6.07) is -0.586. The topological polar surface area (TPSA) is 114 Å². The number of hydrogen-bond donors (Lipinski definition) is 1. The van der Waals surface area contributed by atoms with Crippen molar-refractivity contribution in [3.05, 3.63) is 41.5 Å². The summed E-state index contributed by atoms with van der Waals surface area (Å²) < 4.78 is 51.6. The van der Waals surface area contributed by atoms with Gasteiger partial charge in [-0.05, 0) is 25.8 Å². The number of imide groups is 1. The first kappa shape index (κ1) is 22.1. The molecule has 176 valence electrons. The molecule has 3 amide bonds. The fourth-order valence-corrected chi connectivity index (χ4v) is 5.82. The zero-order valence-electron chi connectivity index (χ0n) is 18.3. The molecule has 12 heteroatoms. The molecule has 1 saturated heterocycles. The molecule has 1 atom stereocenters. The van der Waals surface area contributed by atoms with Gasteiger partial charge in [-0.3, -0.25) is 4.68 Å². The highest BCUT2D eigenvalue weighted by molar-refractivity contribution is 7.90. The SMILES string of the molecule is Cn1cc(CN2C(=O)C3=CC(S(=O)(=O)NC4(C)CC4)C(F)=CC3=[N+](CC3COC3)C2=O)cn1. The molecular formula is C21H25FN5O5S+. The summed E-state index contributed by atoms with van der Waals surface area (Å²) in [6.45, 7) is 2.87. The van der Waals surface area contributed by atoms with E-state index >= 15 is 4.39 Å². The standard InChI is InChI=1S/C21H25FN5O5S/c1-21(3-4-21)24-33(30,31)18-5-15-17(6-16(18)22)26(10-14-11-32-12-14)20(29)27(19(15)28)9-13-7-23-25(2)8-13/h5-8,14,18,24H,3-4,9-12H2,1-2H3/q+1. The number of ether oxygens (including phenoxy) is 1. The van der Waals surface area contributed by atoms with Crippen LogP contribution in [0.25, 0.3) is 0 Å². The van der Waals surface area contributed by atoms with Gasteiger partial charge >= 0.3 is 11.9 Å². The molecule has 0 spiro atoms. The number of fused-ring (bicyclic) bond motifs is 1. The van der Waals surface area contributed by atoms with Crippen molar-refractivity contribution < 1.29 is 31.7 Å². The molecule has 1 N–H and O–H groups in total. The molecule has 0 aromatic carbocycles. The smallest absolute Gasteiger partial charge is 0.380 e. The van der Waals surface area contributed by atoms with Crippen molar-refractivity contribution in [2.24, 2.45) is 13.0 Å². The first-order valence-electron chi connectivity index (χ1n) is 10.7. The molecule has 5 rings (SSSR count). The highest BCUT2D eigenvalue weighted by Gasteiger charge is 2.50. The van der Waals surface area contributed by atoms with Crippen LogP contribution in [0, 0.1) is 5.92 Å². The van der Waals surface area contributed by atoms with Gasteiger partial charge in [0.05, 0.1) is 19.4 Å². The third-order valence-corrected chi connectivity index (χ3v) is 8.15.